The molecule has 0 unspecified atom stereocenters. The zero-order valence-corrected chi connectivity index (χ0v) is 18.6. The largest absolute Gasteiger partial charge is 0.372 e. The SMILES string of the molecule is CCN(CC)c1ccc(NC(=O)c2cccc(S(=O)(=O)NCc3cccs3)c2)cc1. The van der Waals surface area contributed by atoms with Crippen molar-refractivity contribution in [2.75, 3.05) is 23.3 Å². The number of amides is 1. The summed E-state index contributed by atoms with van der Waals surface area (Å²) in [6.07, 6.45) is 0. The van der Waals surface area contributed by atoms with Crippen molar-refractivity contribution in [2.24, 2.45) is 0 Å². The van der Waals surface area contributed by atoms with Gasteiger partial charge in [0.1, 0.15) is 0 Å². The molecule has 3 rings (SSSR count). The van der Waals surface area contributed by atoms with Crippen LogP contribution in [0.25, 0.3) is 0 Å². The van der Waals surface area contributed by atoms with Gasteiger partial charge in [0.15, 0.2) is 0 Å². The Balaban J connectivity index is 1.69. The summed E-state index contributed by atoms with van der Waals surface area (Å²) in [5.74, 6) is -0.360. The van der Waals surface area contributed by atoms with Crippen molar-refractivity contribution in [3.63, 3.8) is 0 Å². The summed E-state index contributed by atoms with van der Waals surface area (Å²) in [7, 11) is -3.72. The summed E-state index contributed by atoms with van der Waals surface area (Å²) in [5.41, 5.74) is 2.02. The van der Waals surface area contributed by atoms with E-state index in [1.807, 2.05) is 41.8 Å². The van der Waals surface area contributed by atoms with Crippen LogP contribution in [0.3, 0.4) is 0 Å². The molecule has 2 aromatic carbocycles. The van der Waals surface area contributed by atoms with Crippen LogP contribution in [0.4, 0.5) is 11.4 Å². The fourth-order valence-corrected chi connectivity index (χ4v) is 4.80. The standard InChI is InChI=1S/C22H25N3O3S2/c1-3-25(4-2)19-12-10-18(11-13-19)24-22(26)17-7-5-9-21(15-17)30(27,28)23-16-20-8-6-14-29-20/h5-15,23H,3-4,16H2,1-2H3,(H,24,26). The molecule has 0 bridgehead atoms. The Bertz CT molecular complexity index is 1080. The van der Waals surface area contributed by atoms with Crippen molar-refractivity contribution >= 4 is 38.6 Å². The lowest BCUT2D eigenvalue weighted by Gasteiger charge is -2.21. The summed E-state index contributed by atoms with van der Waals surface area (Å²) in [6, 6.07) is 17.4. The molecular formula is C22H25N3O3S2. The first-order valence-corrected chi connectivity index (χ1v) is 12.1. The highest BCUT2D eigenvalue weighted by molar-refractivity contribution is 7.89. The van der Waals surface area contributed by atoms with Gasteiger partial charge in [-0.25, -0.2) is 13.1 Å². The van der Waals surface area contributed by atoms with Gasteiger partial charge in [0.25, 0.3) is 5.91 Å². The molecule has 30 heavy (non-hydrogen) atoms. The first kappa shape index (κ1) is 22.0. The maximum Gasteiger partial charge on any atom is 0.255 e. The van der Waals surface area contributed by atoms with Crippen molar-refractivity contribution in [1.82, 2.24) is 4.72 Å². The second kappa shape index (κ2) is 9.88. The summed E-state index contributed by atoms with van der Waals surface area (Å²) < 4.78 is 27.7. The third-order valence-electron chi connectivity index (χ3n) is 4.68. The van der Waals surface area contributed by atoms with Crippen LogP contribution >= 0.6 is 11.3 Å². The van der Waals surface area contributed by atoms with Crippen molar-refractivity contribution in [3.05, 3.63) is 76.5 Å². The average molecular weight is 444 g/mol. The van der Waals surface area contributed by atoms with Crippen LogP contribution in [-0.4, -0.2) is 27.4 Å². The van der Waals surface area contributed by atoms with E-state index in [4.69, 9.17) is 0 Å². The Morgan fingerprint density at radius 2 is 1.73 bits per heavy atom. The quantitative estimate of drug-likeness (QED) is 0.516. The second-order valence-electron chi connectivity index (χ2n) is 6.61. The number of carbonyl (C=O) groups excluding carboxylic acids is 1. The fourth-order valence-electron chi connectivity index (χ4n) is 3.01. The van der Waals surface area contributed by atoms with Crippen LogP contribution in [0, 0.1) is 0 Å². The molecule has 1 aromatic heterocycles. The van der Waals surface area contributed by atoms with E-state index in [0.717, 1.165) is 23.7 Å². The molecule has 8 heteroatoms. The van der Waals surface area contributed by atoms with Crippen LogP contribution in [0.2, 0.25) is 0 Å². The van der Waals surface area contributed by atoms with Crippen LogP contribution in [0.1, 0.15) is 29.1 Å². The normalized spacial score (nSPS) is 11.3. The Labute approximate surface area is 181 Å². The monoisotopic (exact) mass is 443 g/mol. The van der Waals surface area contributed by atoms with Gasteiger partial charge in [0.05, 0.1) is 4.90 Å². The Kier molecular flexibility index (Phi) is 7.25. The number of benzene rings is 2. The maximum atomic E-state index is 12.6. The number of anilines is 2. The Morgan fingerprint density at radius 3 is 2.37 bits per heavy atom. The highest BCUT2D eigenvalue weighted by atomic mass is 32.2. The summed E-state index contributed by atoms with van der Waals surface area (Å²) in [5, 5.41) is 4.71. The zero-order chi connectivity index (χ0) is 21.6. The number of hydrogen-bond acceptors (Lipinski definition) is 5. The first-order valence-electron chi connectivity index (χ1n) is 9.71. The Hall–Kier alpha value is -2.68. The molecule has 0 fully saturated rings. The van der Waals surface area contributed by atoms with Gasteiger partial charge in [-0.1, -0.05) is 12.1 Å². The van der Waals surface area contributed by atoms with Crippen molar-refractivity contribution in [3.8, 4) is 0 Å². The number of hydrogen-bond donors (Lipinski definition) is 2. The summed E-state index contributed by atoms with van der Waals surface area (Å²) in [6.45, 7) is 6.22. The lowest BCUT2D eigenvalue weighted by molar-refractivity contribution is 0.102. The smallest absolute Gasteiger partial charge is 0.255 e. The van der Waals surface area contributed by atoms with E-state index < -0.39 is 10.0 Å². The molecule has 158 valence electrons. The van der Waals surface area contributed by atoms with Crippen molar-refractivity contribution in [1.29, 1.82) is 0 Å². The third kappa shape index (κ3) is 5.47. The molecule has 2 N–H and O–H groups in total. The van der Waals surface area contributed by atoms with Gasteiger partial charge >= 0.3 is 0 Å². The lowest BCUT2D eigenvalue weighted by Crippen LogP contribution is -2.23. The number of carbonyl (C=O) groups is 1. The number of thiophene rings is 1. The molecule has 0 saturated carbocycles. The Morgan fingerprint density at radius 1 is 1.00 bits per heavy atom. The molecule has 0 atom stereocenters. The van der Waals surface area contributed by atoms with Gasteiger partial charge in [-0.2, -0.15) is 0 Å². The van der Waals surface area contributed by atoms with Gasteiger partial charge in [0.2, 0.25) is 10.0 Å². The molecule has 6 nitrogen and oxygen atoms in total. The molecule has 0 spiro atoms. The van der Waals surface area contributed by atoms with Gasteiger partial charge in [-0.15, -0.1) is 11.3 Å². The molecular weight excluding hydrogens is 418 g/mol. The number of nitrogens with one attached hydrogen (secondary N) is 2. The van der Waals surface area contributed by atoms with Crippen LogP contribution in [0.15, 0.2) is 70.9 Å². The fraction of sp³-hybridized carbons (Fsp3) is 0.227. The number of sulfonamides is 1. The van der Waals surface area contributed by atoms with E-state index in [2.05, 4.69) is 28.8 Å². The lowest BCUT2D eigenvalue weighted by atomic mass is 10.2. The van der Waals surface area contributed by atoms with Gasteiger partial charge in [-0.05, 0) is 67.8 Å². The van der Waals surface area contributed by atoms with Crippen molar-refractivity contribution in [2.45, 2.75) is 25.3 Å². The first-order chi connectivity index (χ1) is 14.4. The predicted octanol–water partition coefficient (Wildman–Crippen LogP) is 4.33. The van der Waals surface area contributed by atoms with Gasteiger partial charge < -0.3 is 10.2 Å². The molecule has 0 aliphatic rings. The summed E-state index contributed by atoms with van der Waals surface area (Å²) in [4.78, 5) is 15.8. The van der Waals surface area contributed by atoms with Crippen molar-refractivity contribution < 1.29 is 13.2 Å². The average Bonchev–Trinajstić information content (AvgIpc) is 3.28. The molecule has 0 radical (unpaired) electrons. The van der Waals surface area contributed by atoms with Gasteiger partial charge in [0, 0.05) is 41.4 Å². The minimum atomic E-state index is -3.72. The zero-order valence-electron chi connectivity index (χ0n) is 17.0. The highest BCUT2D eigenvalue weighted by Crippen LogP contribution is 2.19. The van der Waals surface area contributed by atoms with E-state index in [0.29, 0.717) is 5.69 Å². The minimum absolute atomic E-state index is 0.0589. The highest BCUT2D eigenvalue weighted by Gasteiger charge is 2.16. The van der Waals surface area contributed by atoms with E-state index in [-0.39, 0.29) is 22.9 Å². The molecule has 1 heterocycles. The number of nitrogens with zero attached hydrogens (tertiary/aromatic N) is 1. The molecule has 0 aliphatic heterocycles. The minimum Gasteiger partial charge on any atom is -0.372 e. The van der Waals surface area contributed by atoms with Crippen LogP contribution in [-0.2, 0) is 16.6 Å². The van der Waals surface area contributed by atoms with Crippen LogP contribution in [0.5, 0.6) is 0 Å². The molecule has 1 amide bonds. The van der Waals surface area contributed by atoms with E-state index in [1.165, 1.54) is 23.5 Å². The van der Waals surface area contributed by atoms with Gasteiger partial charge in [-0.3, -0.25) is 4.79 Å². The maximum absolute atomic E-state index is 12.6. The topological polar surface area (TPSA) is 78.5 Å². The summed E-state index contributed by atoms with van der Waals surface area (Å²) >= 11 is 1.48. The van der Waals surface area contributed by atoms with E-state index in [9.17, 15) is 13.2 Å². The molecule has 3 aromatic rings. The second-order valence-corrected chi connectivity index (χ2v) is 9.40. The molecule has 0 saturated heterocycles. The molecule has 0 aliphatic carbocycles. The van der Waals surface area contributed by atoms with Crippen LogP contribution < -0.4 is 14.9 Å². The predicted molar refractivity (Wildman–Crippen MR) is 123 cm³/mol. The third-order valence-corrected chi connectivity index (χ3v) is 6.95. The number of rotatable bonds is 9. The van der Waals surface area contributed by atoms with E-state index >= 15 is 0 Å². The van der Waals surface area contributed by atoms with E-state index in [1.54, 1.807) is 12.1 Å².